The zero-order valence-corrected chi connectivity index (χ0v) is 16.4. The SMILES string of the molecule is CCCC(CCO)CNC(=NCc1ccc(C)cc1SC)NCC. The van der Waals surface area contributed by atoms with Gasteiger partial charge in [0.05, 0.1) is 6.54 Å². The summed E-state index contributed by atoms with van der Waals surface area (Å²) in [6, 6.07) is 6.53. The van der Waals surface area contributed by atoms with Gasteiger partial charge >= 0.3 is 0 Å². The normalized spacial score (nSPS) is 13.0. The summed E-state index contributed by atoms with van der Waals surface area (Å²) in [5.41, 5.74) is 2.54. The van der Waals surface area contributed by atoms with Crippen molar-refractivity contribution in [3.63, 3.8) is 0 Å². The minimum absolute atomic E-state index is 0.250. The topological polar surface area (TPSA) is 56.6 Å². The number of nitrogens with one attached hydrogen (secondary N) is 2. The average Bonchev–Trinajstić information content (AvgIpc) is 2.58. The van der Waals surface area contributed by atoms with Gasteiger partial charge in [0.2, 0.25) is 0 Å². The molecule has 0 saturated carbocycles. The molecule has 0 bridgehead atoms. The summed E-state index contributed by atoms with van der Waals surface area (Å²) < 4.78 is 0. The quantitative estimate of drug-likeness (QED) is 0.343. The molecule has 0 amide bonds. The van der Waals surface area contributed by atoms with E-state index in [-0.39, 0.29) is 6.61 Å². The lowest BCUT2D eigenvalue weighted by atomic mass is 10.0. The summed E-state index contributed by atoms with van der Waals surface area (Å²) in [4.78, 5) is 6.02. The number of aliphatic hydroxyl groups is 1. The molecule has 1 aromatic rings. The van der Waals surface area contributed by atoms with Crippen LogP contribution >= 0.6 is 11.8 Å². The summed E-state index contributed by atoms with van der Waals surface area (Å²) >= 11 is 1.77. The Morgan fingerprint density at radius 2 is 2.04 bits per heavy atom. The number of benzene rings is 1. The first-order valence-corrected chi connectivity index (χ1v) is 10.1. The van der Waals surface area contributed by atoms with E-state index in [0.29, 0.717) is 12.5 Å². The fourth-order valence-electron chi connectivity index (χ4n) is 2.67. The molecule has 0 saturated heterocycles. The Morgan fingerprint density at radius 3 is 2.67 bits per heavy atom. The van der Waals surface area contributed by atoms with Crippen LogP contribution < -0.4 is 10.6 Å². The molecule has 0 aliphatic heterocycles. The molecule has 5 heteroatoms. The number of rotatable bonds is 10. The lowest BCUT2D eigenvalue weighted by Gasteiger charge is -2.18. The molecule has 1 aromatic carbocycles. The predicted octanol–water partition coefficient (Wildman–Crippen LogP) is 3.57. The third-order valence-electron chi connectivity index (χ3n) is 3.99. The highest BCUT2D eigenvalue weighted by atomic mass is 32.2. The van der Waals surface area contributed by atoms with Crippen molar-refractivity contribution >= 4 is 17.7 Å². The highest BCUT2D eigenvalue weighted by Gasteiger charge is 2.08. The fourth-order valence-corrected chi connectivity index (χ4v) is 3.37. The van der Waals surface area contributed by atoms with Gasteiger partial charge in [-0.2, -0.15) is 0 Å². The van der Waals surface area contributed by atoms with Crippen molar-refractivity contribution < 1.29 is 5.11 Å². The Kier molecular flexibility index (Phi) is 10.6. The van der Waals surface area contributed by atoms with Crippen molar-refractivity contribution in [2.75, 3.05) is 26.0 Å². The van der Waals surface area contributed by atoms with E-state index in [1.54, 1.807) is 11.8 Å². The standard InChI is InChI=1S/C19H33N3OS/c1-5-7-16(10-11-23)13-21-19(20-6-2)22-14-17-9-8-15(3)12-18(17)24-4/h8-9,12,16,23H,5-7,10-11,13-14H2,1-4H3,(H2,20,21,22). The lowest BCUT2D eigenvalue weighted by molar-refractivity contribution is 0.251. The maximum atomic E-state index is 9.19. The maximum Gasteiger partial charge on any atom is 0.191 e. The van der Waals surface area contributed by atoms with Crippen LogP contribution in [0.25, 0.3) is 0 Å². The second-order valence-corrected chi connectivity index (χ2v) is 6.91. The van der Waals surface area contributed by atoms with Gasteiger partial charge in [0, 0.05) is 24.6 Å². The van der Waals surface area contributed by atoms with Crippen LogP contribution in [0.1, 0.15) is 44.2 Å². The van der Waals surface area contributed by atoms with E-state index in [0.717, 1.165) is 38.3 Å². The largest absolute Gasteiger partial charge is 0.396 e. The second kappa shape index (κ2) is 12.2. The summed E-state index contributed by atoms with van der Waals surface area (Å²) in [6.07, 6.45) is 5.21. The monoisotopic (exact) mass is 351 g/mol. The Morgan fingerprint density at radius 1 is 1.25 bits per heavy atom. The van der Waals surface area contributed by atoms with Crippen LogP contribution in [0.15, 0.2) is 28.1 Å². The van der Waals surface area contributed by atoms with Crippen molar-refractivity contribution in [1.82, 2.24) is 10.6 Å². The van der Waals surface area contributed by atoms with Gasteiger partial charge < -0.3 is 15.7 Å². The number of aliphatic imine (C=N–C) groups is 1. The van der Waals surface area contributed by atoms with Gasteiger partial charge in [-0.05, 0) is 56.1 Å². The van der Waals surface area contributed by atoms with Crippen LogP contribution in [0.2, 0.25) is 0 Å². The van der Waals surface area contributed by atoms with Crippen LogP contribution in [-0.2, 0) is 6.54 Å². The smallest absolute Gasteiger partial charge is 0.191 e. The Balaban J connectivity index is 2.71. The minimum Gasteiger partial charge on any atom is -0.396 e. The molecule has 1 unspecified atom stereocenters. The number of aliphatic hydroxyl groups excluding tert-OH is 1. The van der Waals surface area contributed by atoms with Crippen molar-refractivity contribution in [2.45, 2.75) is 51.5 Å². The molecule has 136 valence electrons. The first kappa shape index (κ1) is 20.8. The zero-order valence-electron chi connectivity index (χ0n) is 15.6. The predicted molar refractivity (Wildman–Crippen MR) is 106 cm³/mol. The fraction of sp³-hybridized carbons (Fsp3) is 0.632. The van der Waals surface area contributed by atoms with Crippen molar-refractivity contribution in [2.24, 2.45) is 10.9 Å². The van der Waals surface area contributed by atoms with Crippen LogP contribution in [0.4, 0.5) is 0 Å². The molecule has 1 atom stereocenters. The van der Waals surface area contributed by atoms with Gasteiger partial charge in [0.25, 0.3) is 0 Å². The highest BCUT2D eigenvalue weighted by Crippen LogP contribution is 2.22. The molecular weight excluding hydrogens is 318 g/mol. The van der Waals surface area contributed by atoms with E-state index in [2.05, 4.69) is 55.9 Å². The zero-order chi connectivity index (χ0) is 17.8. The molecular formula is C19H33N3OS. The second-order valence-electron chi connectivity index (χ2n) is 6.06. The van der Waals surface area contributed by atoms with Gasteiger partial charge in [0.1, 0.15) is 0 Å². The molecule has 0 radical (unpaired) electrons. The van der Waals surface area contributed by atoms with Gasteiger partial charge in [-0.25, -0.2) is 4.99 Å². The van der Waals surface area contributed by atoms with Gasteiger partial charge in [0.15, 0.2) is 5.96 Å². The lowest BCUT2D eigenvalue weighted by Crippen LogP contribution is -2.40. The number of thioether (sulfide) groups is 1. The minimum atomic E-state index is 0.250. The third-order valence-corrected chi connectivity index (χ3v) is 4.81. The molecule has 24 heavy (non-hydrogen) atoms. The summed E-state index contributed by atoms with van der Waals surface area (Å²) in [5.74, 6) is 1.34. The molecule has 1 rings (SSSR count). The summed E-state index contributed by atoms with van der Waals surface area (Å²) in [7, 11) is 0. The van der Waals surface area contributed by atoms with Gasteiger partial charge in [-0.15, -0.1) is 11.8 Å². The molecule has 3 N–H and O–H groups in total. The Hall–Kier alpha value is -1.20. The number of nitrogens with zero attached hydrogens (tertiary/aromatic N) is 1. The first-order chi connectivity index (χ1) is 11.6. The molecule has 0 aromatic heterocycles. The molecule has 0 aliphatic carbocycles. The molecule has 0 heterocycles. The van der Waals surface area contributed by atoms with Crippen LogP contribution in [0.5, 0.6) is 0 Å². The first-order valence-electron chi connectivity index (χ1n) is 8.91. The Bertz CT molecular complexity index is 499. The third kappa shape index (κ3) is 7.58. The maximum absolute atomic E-state index is 9.19. The molecule has 0 aliphatic rings. The van der Waals surface area contributed by atoms with E-state index in [9.17, 15) is 5.11 Å². The number of guanidine groups is 1. The van der Waals surface area contributed by atoms with Crippen molar-refractivity contribution in [3.05, 3.63) is 29.3 Å². The Labute approximate surface area is 151 Å². The average molecular weight is 352 g/mol. The molecule has 0 spiro atoms. The van der Waals surface area contributed by atoms with Crippen LogP contribution in [0, 0.1) is 12.8 Å². The van der Waals surface area contributed by atoms with Crippen molar-refractivity contribution in [3.8, 4) is 0 Å². The molecule has 0 fully saturated rings. The van der Waals surface area contributed by atoms with E-state index in [4.69, 9.17) is 4.99 Å². The molecule has 4 nitrogen and oxygen atoms in total. The number of hydrogen-bond donors (Lipinski definition) is 3. The number of aryl methyl sites for hydroxylation is 1. The van der Waals surface area contributed by atoms with Gasteiger partial charge in [-0.3, -0.25) is 0 Å². The number of hydrogen-bond acceptors (Lipinski definition) is 3. The van der Waals surface area contributed by atoms with Crippen molar-refractivity contribution in [1.29, 1.82) is 0 Å². The van der Waals surface area contributed by atoms with E-state index in [1.807, 2.05) is 0 Å². The van der Waals surface area contributed by atoms with E-state index >= 15 is 0 Å². The summed E-state index contributed by atoms with van der Waals surface area (Å²) in [6.45, 7) is 8.99. The van der Waals surface area contributed by atoms with Gasteiger partial charge in [-0.1, -0.05) is 25.5 Å². The van der Waals surface area contributed by atoms with Crippen LogP contribution in [0.3, 0.4) is 0 Å². The summed E-state index contributed by atoms with van der Waals surface area (Å²) in [5, 5.41) is 15.9. The highest BCUT2D eigenvalue weighted by molar-refractivity contribution is 7.98. The van der Waals surface area contributed by atoms with E-state index in [1.165, 1.54) is 16.0 Å². The van der Waals surface area contributed by atoms with E-state index < -0.39 is 0 Å². The van der Waals surface area contributed by atoms with Crippen LogP contribution in [-0.4, -0.2) is 37.0 Å².